The Bertz CT molecular complexity index is 478. The maximum atomic E-state index is 12.4. The van der Waals surface area contributed by atoms with E-state index in [1.165, 1.54) is 5.56 Å². The molecule has 1 saturated heterocycles. The minimum Gasteiger partial charge on any atom is -0.481 e. The van der Waals surface area contributed by atoms with Gasteiger partial charge in [-0.1, -0.05) is 24.6 Å². The molecule has 0 bridgehead atoms. The molecule has 1 amide bonds. The van der Waals surface area contributed by atoms with Crippen LogP contribution in [0.1, 0.15) is 25.8 Å². The first-order valence-corrected chi connectivity index (χ1v) is 7.16. The molecule has 2 N–H and O–H groups in total. The van der Waals surface area contributed by atoms with Crippen LogP contribution in [0.4, 0.5) is 0 Å². The smallest absolute Gasteiger partial charge is 0.263 e. The first-order chi connectivity index (χ1) is 9.43. The van der Waals surface area contributed by atoms with E-state index in [0.29, 0.717) is 6.54 Å². The first-order valence-electron chi connectivity index (χ1n) is 7.16. The second-order valence-electron chi connectivity index (χ2n) is 6.10. The third-order valence-electron chi connectivity index (χ3n) is 4.04. The van der Waals surface area contributed by atoms with Gasteiger partial charge in [0, 0.05) is 13.1 Å². The molecule has 1 heterocycles. The number of hydrogen-bond donors (Lipinski definition) is 1. The molecule has 0 spiro atoms. The molecule has 0 aliphatic carbocycles. The predicted octanol–water partition coefficient (Wildman–Crippen LogP) is 2.38. The van der Waals surface area contributed by atoms with Gasteiger partial charge in [-0.25, -0.2) is 0 Å². The van der Waals surface area contributed by atoms with Crippen molar-refractivity contribution in [1.82, 2.24) is 4.90 Å². The highest BCUT2D eigenvalue weighted by molar-refractivity contribution is 5.85. The summed E-state index contributed by atoms with van der Waals surface area (Å²) in [5.41, 5.74) is 7.01. The Balaban J connectivity index is 0.00000220. The van der Waals surface area contributed by atoms with Gasteiger partial charge in [0.2, 0.25) is 0 Å². The number of rotatable bonds is 4. The zero-order valence-electron chi connectivity index (χ0n) is 13.0. The van der Waals surface area contributed by atoms with Crippen molar-refractivity contribution in [2.45, 2.75) is 33.3 Å². The second-order valence-corrected chi connectivity index (χ2v) is 6.10. The number of likely N-dealkylation sites (tertiary alicyclic amines) is 1. The normalized spacial score (nSPS) is 22.6. The van der Waals surface area contributed by atoms with Crippen molar-refractivity contribution >= 4 is 18.3 Å². The Morgan fingerprint density at radius 1 is 1.43 bits per heavy atom. The molecular weight excluding hydrogens is 288 g/mol. The van der Waals surface area contributed by atoms with Crippen LogP contribution in [0.3, 0.4) is 0 Å². The maximum Gasteiger partial charge on any atom is 0.263 e. The molecule has 1 aromatic carbocycles. The second kappa shape index (κ2) is 7.14. The Hall–Kier alpha value is -1.26. The quantitative estimate of drug-likeness (QED) is 0.928. The van der Waals surface area contributed by atoms with Crippen molar-refractivity contribution in [3.63, 3.8) is 0 Å². The summed E-state index contributed by atoms with van der Waals surface area (Å²) < 4.78 is 5.72. The summed E-state index contributed by atoms with van der Waals surface area (Å²) in [6.07, 6.45) is 0.504. The number of halogens is 1. The minimum atomic E-state index is -0.460. The van der Waals surface area contributed by atoms with E-state index in [4.69, 9.17) is 10.5 Å². The van der Waals surface area contributed by atoms with Gasteiger partial charge >= 0.3 is 0 Å². The number of hydrogen-bond acceptors (Lipinski definition) is 3. The molecule has 0 saturated carbocycles. The summed E-state index contributed by atoms with van der Waals surface area (Å²) >= 11 is 0. The monoisotopic (exact) mass is 312 g/mol. The Labute approximate surface area is 133 Å². The highest BCUT2D eigenvalue weighted by Gasteiger charge is 2.36. The molecule has 1 aromatic rings. The van der Waals surface area contributed by atoms with Crippen LogP contribution in [0, 0.1) is 12.3 Å². The van der Waals surface area contributed by atoms with Crippen molar-refractivity contribution in [1.29, 1.82) is 0 Å². The highest BCUT2D eigenvalue weighted by atomic mass is 35.5. The van der Waals surface area contributed by atoms with Crippen molar-refractivity contribution in [2.75, 3.05) is 19.6 Å². The number of carbonyl (C=O) groups is 1. The molecule has 118 valence electrons. The van der Waals surface area contributed by atoms with E-state index in [0.717, 1.165) is 25.3 Å². The third kappa shape index (κ3) is 4.35. The van der Waals surface area contributed by atoms with E-state index in [9.17, 15) is 4.79 Å². The third-order valence-corrected chi connectivity index (χ3v) is 4.04. The van der Waals surface area contributed by atoms with Gasteiger partial charge in [0.25, 0.3) is 5.91 Å². The lowest BCUT2D eigenvalue weighted by Gasteiger charge is -2.25. The molecule has 0 radical (unpaired) electrons. The lowest BCUT2D eigenvalue weighted by molar-refractivity contribution is -0.137. The number of nitrogens with zero attached hydrogens (tertiary/aromatic N) is 1. The standard InChI is InChI=1S/C16H24N2O2.ClH/c1-12-4-6-14(7-5-12)20-13(2)15(19)18-9-8-16(3,10-17)11-18;/h4-7,13H,8-11,17H2,1-3H3;1H. The van der Waals surface area contributed by atoms with Crippen LogP contribution in [-0.2, 0) is 4.79 Å². The van der Waals surface area contributed by atoms with Gasteiger partial charge < -0.3 is 15.4 Å². The molecule has 21 heavy (non-hydrogen) atoms. The summed E-state index contributed by atoms with van der Waals surface area (Å²) in [4.78, 5) is 14.2. The summed E-state index contributed by atoms with van der Waals surface area (Å²) in [5.74, 6) is 0.778. The van der Waals surface area contributed by atoms with Gasteiger partial charge in [-0.05, 0) is 44.4 Å². The van der Waals surface area contributed by atoms with Gasteiger partial charge in [-0.3, -0.25) is 4.79 Å². The van der Waals surface area contributed by atoms with E-state index >= 15 is 0 Å². The fourth-order valence-electron chi connectivity index (χ4n) is 2.51. The summed E-state index contributed by atoms with van der Waals surface area (Å²) in [5, 5.41) is 0. The molecule has 2 unspecified atom stereocenters. The largest absolute Gasteiger partial charge is 0.481 e. The molecule has 1 aliphatic rings. The number of ether oxygens (including phenoxy) is 1. The molecule has 2 rings (SSSR count). The Kier molecular flexibility index (Phi) is 6.05. The molecule has 1 fully saturated rings. The number of benzene rings is 1. The van der Waals surface area contributed by atoms with Crippen LogP contribution in [0.5, 0.6) is 5.75 Å². The highest BCUT2D eigenvalue weighted by Crippen LogP contribution is 2.29. The summed E-state index contributed by atoms with van der Waals surface area (Å²) in [6, 6.07) is 7.75. The fraction of sp³-hybridized carbons (Fsp3) is 0.562. The predicted molar refractivity (Wildman–Crippen MR) is 86.9 cm³/mol. The van der Waals surface area contributed by atoms with Crippen molar-refractivity contribution in [3.8, 4) is 5.75 Å². The van der Waals surface area contributed by atoms with E-state index in [1.807, 2.05) is 36.1 Å². The lowest BCUT2D eigenvalue weighted by atomic mass is 9.90. The summed E-state index contributed by atoms with van der Waals surface area (Å²) in [6.45, 7) is 8.07. The molecular formula is C16H25ClN2O2. The molecule has 0 aromatic heterocycles. The van der Waals surface area contributed by atoms with Gasteiger partial charge in [0.05, 0.1) is 0 Å². The first kappa shape index (κ1) is 17.8. The molecule has 4 nitrogen and oxygen atoms in total. The SMILES string of the molecule is Cc1ccc(OC(C)C(=O)N2CCC(C)(CN)C2)cc1.Cl. The van der Waals surface area contributed by atoms with Gasteiger partial charge in [-0.15, -0.1) is 12.4 Å². The lowest BCUT2D eigenvalue weighted by Crippen LogP contribution is -2.41. The minimum absolute atomic E-state index is 0. The van der Waals surface area contributed by atoms with E-state index in [2.05, 4.69) is 6.92 Å². The molecule has 2 atom stereocenters. The number of carbonyl (C=O) groups excluding carboxylic acids is 1. The molecule has 1 aliphatic heterocycles. The number of amides is 1. The van der Waals surface area contributed by atoms with E-state index < -0.39 is 6.10 Å². The van der Waals surface area contributed by atoms with Gasteiger partial charge in [-0.2, -0.15) is 0 Å². The number of aryl methyl sites for hydroxylation is 1. The van der Waals surface area contributed by atoms with Crippen LogP contribution in [0.15, 0.2) is 24.3 Å². The zero-order chi connectivity index (χ0) is 14.8. The van der Waals surface area contributed by atoms with Crippen LogP contribution in [0.2, 0.25) is 0 Å². The van der Waals surface area contributed by atoms with Gasteiger partial charge in [0.1, 0.15) is 5.75 Å². The molecule has 5 heteroatoms. The maximum absolute atomic E-state index is 12.4. The van der Waals surface area contributed by atoms with Crippen molar-refractivity contribution in [3.05, 3.63) is 29.8 Å². The van der Waals surface area contributed by atoms with Crippen molar-refractivity contribution < 1.29 is 9.53 Å². The fourth-order valence-corrected chi connectivity index (χ4v) is 2.51. The van der Waals surface area contributed by atoms with E-state index in [1.54, 1.807) is 6.92 Å². The number of nitrogens with two attached hydrogens (primary N) is 1. The van der Waals surface area contributed by atoms with Gasteiger partial charge in [0.15, 0.2) is 6.10 Å². The Morgan fingerprint density at radius 3 is 2.57 bits per heavy atom. The topological polar surface area (TPSA) is 55.6 Å². The average molecular weight is 313 g/mol. The van der Waals surface area contributed by atoms with Crippen LogP contribution in [0.25, 0.3) is 0 Å². The van der Waals surface area contributed by atoms with Crippen LogP contribution in [-0.4, -0.2) is 36.5 Å². The van der Waals surface area contributed by atoms with Crippen molar-refractivity contribution in [2.24, 2.45) is 11.1 Å². The van der Waals surface area contributed by atoms with Crippen LogP contribution < -0.4 is 10.5 Å². The zero-order valence-corrected chi connectivity index (χ0v) is 13.8. The Morgan fingerprint density at radius 2 is 2.05 bits per heavy atom. The van der Waals surface area contributed by atoms with Crippen LogP contribution >= 0.6 is 12.4 Å². The van der Waals surface area contributed by atoms with E-state index in [-0.39, 0.29) is 23.7 Å². The average Bonchev–Trinajstić information content (AvgIpc) is 2.84. The summed E-state index contributed by atoms with van der Waals surface area (Å²) in [7, 11) is 0.